The maximum absolute atomic E-state index is 13.1. The first-order valence-corrected chi connectivity index (χ1v) is 11.8. The summed E-state index contributed by atoms with van der Waals surface area (Å²) < 4.78 is 5.12. The lowest BCUT2D eigenvalue weighted by Crippen LogP contribution is -2.34. The lowest BCUT2D eigenvalue weighted by Gasteiger charge is -2.26. The third-order valence-corrected chi connectivity index (χ3v) is 5.73. The molecule has 0 bridgehead atoms. The quantitative estimate of drug-likeness (QED) is 0.312. The maximum atomic E-state index is 13.1. The Labute approximate surface area is 213 Å². The van der Waals surface area contributed by atoms with Gasteiger partial charge in [-0.3, -0.25) is 19.2 Å². The van der Waals surface area contributed by atoms with Crippen molar-refractivity contribution in [1.82, 2.24) is 10.4 Å². The first-order chi connectivity index (χ1) is 17.9. The molecule has 1 saturated heterocycles. The molecule has 190 valence electrons. The van der Waals surface area contributed by atoms with Crippen molar-refractivity contribution < 1.29 is 33.5 Å². The third-order valence-electron chi connectivity index (χ3n) is 5.73. The fourth-order valence-electron chi connectivity index (χ4n) is 3.86. The second-order valence-corrected chi connectivity index (χ2v) is 8.35. The SMILES string of the molecule is O=C(CCC(=O)N1Cc2ccccc2C#Cc2ccccc21)NCCOCC(=O)ON1C(=O)CCC1=O. The smallest absolute Gasteiger partial charge is 0.358 e. The Morgan fingerprint density at radius 2 is 1.57 bits per heavy atom. The number of amides is 4. The van der Waals surface area contributed by atoms with E-state index in [-0.39, 0.29) is 50.6 Å². The van der Waals surface area contributed by atoms with Crippen LogP contribution in [0.1, 0.15) is 42.4 Å². The minimum atomic E-state index is -0.889. The van der Waals surface area contributed by atoms with E-state index in [0.29, 0.717) is 17.3 Å². The van der Waals surface area contributed by atoms with E-state index in [2.05, 4.69) is 22.0 Å². The van der Waals surface area contributed by atoms with Gasteiger partial charge >= 0.3 is 5.97 Å². The summed E-state index contributed by atoms with van der Waals surface area (Å²) in [4.78, 5) is 66.3. The van der Waals surface area contributed by atoms with Gasteiger partial charge in [-0.1, -0.05) is 42.2 Å². The predicted octanol–water partition coefficient (Wildman–Crippen LogP) is 1.45. The van der Waals surface area contributed by atoms with Crippen molar-refractivity contribution in [2.45, 2.75) is 32.2 Å². The molecule has 0 unspecified atom stereocenters. The van der Waals surface area contributed by atoms with E-state index in [1.54, 1.807) is 4.90 Å². The van der Waals surface area contributed by atoms with Crippen molar-refractivity contribution in [3.63, 3.8) is 0 Å². The molecule has 4 amide bonds. The molecule has 37 heavy (non-hydrogen) atoms. The molecule has 0 saturated carbocycles. The lowest BCUT2D eigenvalue weighted by molar-refractivity contribution is -0.200. The second kappa shape index (κ2) is 12.0. The number of ether oxygens (including phenoxy) is 1. The summed E-state index contributed by atoms with van der Waals surface area (Å²) in [6.45, 7) is -0.0198. The average Bonchev–Trinajstić information content (AvgIpc) is 3.20. The Morgan fingerprint density at radius 1 is 0.892 bits per heavy atom. The minimum absolute atomic E-state index is 0.000831. The van der Waals surface area contributed by atoms with Crippen LogP contribution in [0.25, 0.3) is 0 Å². The number of carbonyl (C=O) groups excluding carboxylic acids is 5. The van der Waals surface area contributed by atoms with Gasteiger partial charge in [0.25, 0.3) is 11.8 Å². The van der Waals surface area contributed by atoms with Crippen LogP contribution in [0.15, 0.2) is 48.5 Å². The van der Waals surface area contributed by atoms with Gasteiger partial charge in [-0.2, -0.15) is 0 Å². The summed E-state index contributed by atoms with van der Waals surface area (Å²) in [5.41, 5.74) is 3.22. The topological polar surface area (TPSA) is 122 Å². The van der Waals surface area contributed by atoms with Crippen LogP contribution in [0.5, 0.6) is 0 Å². The third kappa shape index (κ3) is 6.59. The van der Waals surface area contributed by atoms with Crippen LogP contribution in [0.4, 0.5) is 5.69 Å². The number of nitrogens with zero attached hydrogens (tertiary/aromatic N) is 2. The molecule has 0 spiro atoms. The highest BCUT2D eigenvalue weighted by molar-refractivity contribution is 6.01. The number of imide groups is 1. The van der Waals surface area contributed by atoms with Crippen LogP contribution in [0.3, 0.4) is 0 Å². The van der Waals surface area contributed by atoms with E-state index in [0.717, 1.165) is 16.7 Å². The van der Waals surface area contributed by atoms with Gasteiger partial charge in [0, 0.05) is 43.4 Å². The van der Waals surface area contributed by atoms with Crippen LogP contribution in [-0.4, -0.2) is 54.4 Å². The van der Waals surface area contributed by atoms with E-state index in [4.69, 9.17) is 4.74 Å². The normalized spacial score (nSPS) is 14.1. The summed E-state index contributed by atoms with van der Waals surface area (Å²) in [5, 5.41) is 3.08. The molecule has 1 N–H and O–H groups in total. The molecule has 4 rings (SSSR count). The highest BCUT2D eigenvalue weighted by atomic mass is 16.7. The summed E-state index contributed by atoms with van der Waals surface area (Å²) in [7, 11) is 0. The Kier molecular flexibility index (Phi) is 8.28. The maximum Gasteiger partial charge on any atom is 0.358 e. The Morgan fingerprint density at radius 3 is 2.35 bits per heavy atom. The van der Waals surface area contributed by atoms with Crippen LogP contribution in [0.2, 0.25) is 0 Å². The molecule has 2 heterocycles. The number of fused-ring (bicyclic) bond motifs is 2. The van der Waals surface area contributed by atoms with Crippen molar-refractivity contribution >= 4 is 35.3 Å². The zero-order valence-corrected chi connectivity index (χ0v) is 20.0. The number of hydrogen-bond donors (Lipinski definition) is 1. The number of anilines is 1. The highest BCUT2D eigenvalue weighted by Crippen LogP contribution is 2.26. The number of rotatable bonds is 9. The fraction of sp³-hybridized carbons (Fsp3) is 0.296. The van der Waals surface area contributed by atoms with Crippen molar-refractivity contribution in [2.24, 2.45) is 0 Å². The number of para-hydroxylation sites is 1. The predicted molar refractivity (Wildman–Crippen MR) is 130 cm³/mol. The molecule has 1 fully saturated rings. The number of hydroxylamine groups is 2. The minimum Gasteiger partial charge on any atom is -0.368 e. The van der Waals surface area contributed by atoms with Gasteiger partial charge in [-0.15, -0.1) is 5.06 Å². The van der Waals surface area contributed by atoms with E-state index >= 15 is 0 Å². The summed E-state index contributed by atoms with van der Waals surface area (Å²) in [5.74, 6) is 3.73. The molecule has 2 aromatic rings. The summed E-state index contributed by atoms with van der Waals surface area (Å²) in [6.07, 6.45) is -0.00673. The zero-order valence-electron chi connectivity index (χ0n) is 20.0. The van der Waals surface area contributed by atoms with Crippen LogP contribution >= 0.6 is 0 Å². The highest BCUT2D eigenvalue weighted by Gasteiger charge is 2.32. The Bertz CT molecular complexity index is 1280. The summed E-state index contributed by atoms with van der Waals surface area (Å²) in [6, 6.07) is 15.1. The molecule has 0 aromatic heterocycles. The van der Waals surface area contributed by atoms with Gasteiger partial charge < -0.3 is 19.8 Å². The van der Waals surface area contributed by atoms with Gasteiger partial charge in [0.05, 0.1) is 18.8 Å². The van der Waals surface area contributed by atoms with Crippen LogP contribution < -0.4 is 10.2 Å². The van der Waals surface area contributed by atoms with Gasteiger partial charge in [0.15, 0.2) is 0 Å². The van der Waals surface area contributed by atoms with E-state index < -0.39 is 24.4 Å². The molecular formula is C27H25N3O7. The standard InChI is InChI=1S/C27H25N3O7/c31-23(28-15-16-36-18-27(35)37-30-25(33)13-14-26(30)34)11-12-24(32)29-17-21-7-2-1-5-19(21)9-10-20-6-3-4-8-22(20)29/h1-8H,11-18H2,(H,28,31). The Hall–Kier alpha value is -4.49. The van der Waals surface area contributed by atoms with Gasteiger partial charge in [-0.05, 0) is 23.8 Å². The lowest BCUT2D eigenvalue weighted by atomic mass is 10.0. The van der Waals surface area contributed by atoms with Crippen molar-refractivity contribution in [3.05, 3.63) is 65.2 Å². The Balaban J connectivity index is 1.22. The first-order valence-electron chi connectivity index (χ1n) is 11.8. The van der Waals surface area contributed by atoms with Gasteiger partial charge in [0.2, 0.25) is 11.8 Å². The van der Waals surface area contributed by atoms with Gasteiger partial charge in [0.1, 0.15) is 6.61 Å². The van der Waals surface area contributed by atoms with Crippen molar-refractivity contribution in [1.29, 1.82) is 0 Å². The largest absolute Gasteiger partial charge is 0.368 e. The first kappa shape index (κ1) is 25.6. The number of nitrogens with one attached hydrogen (secondary N) is 1. The average molecular weight is 504 g/mol. The molecule has 10 heteroatoms. The van der Waals surface area contributed by atoms with Crippen molar-refractivity contribution in [2.75, 3.05) is 24.7 Å². The summed E-state index contributed by atoms with van der Waals surface area (Å²) >= 11 is 0. The number of carbonyl (C=O) groups is 5. The molecular weight excluding hydrogens is 478 g/mol. The molecule has 2 aromatic carbocycles. The van der Waals surface area contributed by atoms with E-state index in [9.17, 15) is 24.0 Å². The molecule has 0 radical (unpaired) electrons. The zero-order chi connectivity index (χ0) is 26.2. The molecule has 10 nitrogen and oxygen atoms in total. The molecule has 0 atom stereocenters. The molecule has 2 aliphatic heterocycles. The second-order valence-electron chi connectivity index (χ2n) is 8.35. The van der Waals surface area contributed by atoms with Gasteiger partial charge in [-0.25, -0.2) is 4.79 Å². The van der Waals surface area contributed by atoms with E-state index in [1.807, 2.05) is 48.5 Å². The molecule has 2 aliphatic rings. The van der Waals surface area contributed by atoms with Crippen LogP contribution in [-0.2, 0) is 40.1 Å². The molecule has 0 aliphatic carbocycles. The number of hydrogen-bond acceptors (Lipinski definition) is 7. The monoisotopic (exact) mass is 503 g/mol. The van der Waals surface area contributed by atoms with E-state index in [1.165, 1.54) is 0 Å². The van der Waals surface area contributed by atoms with Crippen LogP contribution in [0, 0.1) is 11.8 Å². The fourth-order valence-corrected chi connectivity index (χ4v) is 3.86. The van der Waals surface area contributed by atoms with Crippen molar-refractivity contribution in [3.8, 4) is 11.8 Å². The number of benzene rings is 2.